The average molecular weight is 148 g/mol. The molecule has 1 nitrogen and oxygen atoms in total. The van der Waals surface area contributed by atoms with Gasteiger partial charge in [0.25, 0.3) is 0 Å². The van der Waals surface area contributed by atoms with Gasteiger partial charge in [-0.1, -0.05) is 30.6 Å². The third kappa shape index (κ3) is 1.84. The van der Waals surface area contributed by atoms with Crippen molar-refractivity contribution in [3.63, 3.8) is 0 Å². The average Bonchev–Trinajstić information content (AvgIpc) is 2.05. The van der Waals surface area contributed by atoms with E-state index in [4.69, 9.17) is 5.11 Å². The highest BCUT2D eigenvalue weighted by molar-refractivity contribution is 6.33. The van der Waals surface area contributed by atoms with Gasteiger partial charge in [0.1, 0.15) is 7.85 Å². The van der Waals surface area contributed by atoms with Gasteiger partial charge < -0.3 is 5.11 Å². The Balaban J connectivity index is 3.02. The van der Waals surface area contributed by atoms with Crippen LogP contribution in [0, 0.1) is 0 Å². The fourth-order valence-electron chi connectivity index (χ4n) is 1.12. The van der Waals surface area contributed by atoms with E-state index in [1.54, 1.807) is 0 Å². The highest BCUT2D eigenvalue weighted by atomic mass is 16.3. The van der Waals surface area contributed by atoms with E-state index in [1.807, 2.05) is 7.85 Å². The Morgan fingerprint density at radius 2 is 2.18 bits per heavy atom. The lowest BCUT2D eigenvalue weighted by molar-refractivity contribution is 0.283. The first kappa shape index (κ1) is 8.34. The van der Waals surface area contributed by atoms with E-state index < -0.39 is 0 Å². The summed E-state index contributed by atoms with van der Waals surface area (Å²) in [6.45, 7) is 2.27. The molecule has 0 radical (unpaired) electrons. The Bertz CT molecular complexity index is 245. The second-order valence-electron chi connectivity index (χ2n) is 2.77. The largest absolute Gasteiger partial charge is 0.392 e. The van der Waals surface area contributed by atoms with E-state index in [0.29, 0.717) is 0 Å². The third-order valence-corrected chi connectivity index (χ3v) is 1.99. The predicted octanol–water partition coefficient (Wildman–Crippen LogP) is -0.000300. The maximum Gasteiger partial charge on any atom is 0.139 e. The number of hydrogen-bond donors (Lipinski definition) is 1. The Morgan fingerprint density at radius 3 is 2.73 bits per heavy atom. The Morgan fingerprint density at radius 1 is 1.45 bits per heavy atom. The van der Waals surface area contributed by atoms with Crippen molar-refractivity contribution < 1.29 is 5.11 Å². The van der Waals surface area contributed by atoms with Crippen LogP contribution in [0.4, 0.5) is 0 Å². The minimum absolute atomic E-state index is 0.152. The van der Waals surface area contributed by atoms with E-state index in [2.05, 4.69) is 25.1 Å². The SMILES string of the molecule is Bc1ccc(CC)cc1CO. The van der Waals surface area contributed by atoms with Crippen molar-refractivity contribution in [3.8, 4) is 0 Å². The topological polar surface area (TPSA) is 20.2 Å². The molecule has 0 bridgehead atoms. The van der Waals surface area contributed by atoms with Crippen molar-refractivity contribution in [3.05, 3.63) is 29.3 Å². The molecule has 1 aromatic rings. The van der Waals surface area contributed by atoms with Gasteiger partial charge in [0.15, 0.2) is 0 Å². The molecular formula is C9H13BO. The molecule has 1 N–H and O–H groups in total. The first-order valence-corrected chi connectivity index (χ1v) is 3.97. The normalized spacial score (nSPS) is 10.0. The summed E-state index contributed by atoms with van der Waals surface area (Å²) >= 11 is 0. The predicted molar refractivity (Wildman–Crippen MR) is 49.9 cm³/mol. The monoisotopic (exact) mass is 148 g/mol. The van der Waals surface area contributed by atoms with Gasteiger partial charge in [-0.3, -0.25) is 0 Å². The van der Waals surface area contributed by atoms with Gasteiger partial charge in [0, 0.05) is 0 Å². The van der Waals surface area contributed by atoms with Gasteiger partial charge in [-0.2, -0.15) is 0 Å². The molecule has 0 aliphatic carbocycles. The van der Waals surface area contributed by atoms with Crippen LogP contribution in [0.2, 0.25) is 0 Å². The van der Waals surface area contributed by atoms with Crippen LogP contribution in [-0.4, -0.2) is 13.0 Å². The Kier molecular flexibility index (Phi) is 2.72. The molecule has 1 rings (SSSR count). The molecule has 0 aliphatic heterocycles. The third-order valence-electron chi connectivity index (χ3n) is 1.99. The van der Waals surface area contributed by atoms with E-state index >= 15 is 0 Å². The van der Waals surface area contributed by atoms with E-state index in [1.165, 1.54) is 11.0 Å². The summed E-state index contributed by atoms with van der Waals surface area (Å²) in [5, 5.41) is 8.94. The molecule has 2 heteroatoms. The van der Waals surface area contributed by atoms with Crippen LogP contribution < -0.4 is 5.46 Å². The zero-order chi connectivity index (χ0) is 8.27. The number of hydrogen-bond acceptors (Lipinski definition) is 1. The summed E-state index contributed by atoms with van der Waals surface area (Å²) in [6.07, 6.45) is 1.03. The zero-order valence-corrected chi connectivity index (χ0v) is 7.09. The summed E-state index contributed by atoms with van der Waals surface area (Å²) in [4.78, 5) is 0. The quantitative estimate of drug-likeness (QED) is 0.585. The van der Waals surface area contributed by atoms with Gasteiger partial charge >= 0.3 is 0 Å². The fourth-order valence-corrected chi connectivity index (χ4v) is 1.12. The van der Waals surface area contributed by atoms with Crippen LogP contribution in [0.5, 0.6) is 0 Å². The van der Waals surface area contributed by atoms with Gasteiger partial charge in [0.2, 0.25) is 0 Å². The number of aliphatic hydroxyl groups is 1. The van der Waals surface area contributed by atoms with E-state index in [9.17, 15) is 0 Å². The summed E-state index contributed by atoms with van der Waals surface area (Å²) in [5.41, 5.74) is 3.51. The Labute approximate surface area is 68.5 Å². The molecule has 0 spiro atoms. The van der Waals surface area contributed by atoms with Crippen LogP contribution in [0.15, 0.2) is 18.2 Å². The Hall–Kier alpha value is -0.755. The minimum atomic E-state index is 0.152. The maximum atomic E-state index is 8.94. The zero-order valence-electron chi connectivity index (χ0n) is 7.09. The lowest BCUT2D eigenvalue weighted by atomic mass is 9.89. The molecule has 0 amide bonds. The summed E-state index contributed by atoms with van der Waals surface area (Å²) in [7, 11) is 2.02. The van der Waals surface area contributed by atoms with Gasteiger partial charge in [-0.15, -0.1) is 0 Å². The number of aryl methyl sites for hydroxylation is 1. The van der Waals surface area contributed by atoms with Crippen molar-refractivity contribution in [2.24, 2.45) is 0 Å². The highest BCUT2D eigenvalue weighted by Crippen LogP contribution is 2.02. The van der Waals surface area contributed by atoms with E-state index in [-0.39, 0.29) is 6.61 Å². The molecule has 0 heterocycles. The molecule has 0 saturated carbocycles. The molecular weight excluding hydrogens is 135 g/mol. The smallest absolute Gasteiger partial charge is 0.139 e. The van der Waals surface area contributed by atoms with Crippen molar-refractivity contribution in [2.75, 3.05) is 0 Å². The second-order valence-corrected chi connectivity index (χ2v) is 2.77. The van der Waals surface area contributed by atoms with Crippen LogP contribution in [-0.2, 0) is 13.0 Å². The van der Waals surface area contributed by atoms with Crippen LogP contribution in [0.25, 0.3) is 0 Å². The van der Waals surface area contributed by atoms with E-state index in [0.717, 1.165) is 12.0 Å². The highest BCUT2D eigenvalue weighted by Gasteiger charge is 1.96. The summed E-state index contributed by atoms with van der Waals surface area (Å²) < 4.78 is 0. The van der Waals surface area contributed by atoms with Crippen molar-refractivity contribution >= 4 is 13.3 Å². The molecule has 1 aromatic carbocycles. The molecule has 0 aromatic heterocycles. The first-order chi connectivity index (χ1) is 5.27. The summed E-state index contributed by atoms with van der Waals surface area (Å²) in [5.74, 6) is 0. The summed E-state index contributed by atoms with van der Waals surface area (Å²) in [6, 6.07) is 6.23. The van der Waals surface area contributed by atoms with Crippen LogP contribution >= 0.6 is 0 Å². The van der Waals surface area contributed by atoms with Gasteiger partial charge in [0.05, 0.1) is 6.61 Å². The second kappa shape index (κ2) is 3.58. The van der Waals surface area contributed by atoms with Gasteiger partial charge in [-0.25, -0.2) is 0 Å². The van der Waals surface area contributed by atoms with Gasteiger partial charge in [-0.05, 0) is 17.5 Å². The molecule has 0 atom stereocenters. The van der Waals surface area contributed by atoms with Crippen LogP contribution in [0.1, 0.15) is 18.1 Å². The number of rotatable bonds is 2. The lowest BCUT2D eigenvalue weighted by Gasteiger charge is -2.04. The molecule has 0 aliphatic rings. The van der Waals surface area contributed by atoms with Crippen molar-refractivity contribution in [1.29, 1.82) is 0 Å². The van der Waals surface area contributed by atoms with Crippen molar-refractivity contribution in [2.45, 2.75) is 20.0 Å². The molecule has 11 heavy (non-hydrogen) atoms. The molecule has 0 saturated heterocycles. The standard InChI is InChI=1S/C9H13BO/c1-2-7-3-4-9(10)8(5-7)6-11/h3-5,11H,2,6,10H2,1H3. The molecule has 58 valence electrons. The molecule has 0 unspecified atom stereocenters. The number of aliphatic hydroxyl groups excluding tert-OH is 1. The minimum Gasteiger partial charge on any atom is -0.392 e. The lowest BCUT2D eigenvalue weighted by Crippen LogP contribution is -2.10. The number of benzene rings is 1. The molecule has 0 fully saturated rings. The van der Waals surface area contributed by atoms with Crippen molar-refractivity contribution in [1.82, 2.24) is 0 Å². The van der Waals surface area contributed by atoms with Crippen LogP contribution in [0.3, 0.4) is 0 Å². The fraction of sp³-hybridized carbons (Fsp3) is 0.333. The maximum absolute atomic E-state index is 8.94. The first-order valence-electron chi connectivity index (χ1n) is 3.97.